The molecule has 5 atom stereocenters. The number of hydrogen-bond donors (Lipinski definition) is 3. The first-order chi connectivity index (χ1) is 25.5. The lowest BCUT2D eigenvalue weighted by molar-refractivity contribution is -0.0907. The zero-order valence-electron chi connectivity index (χ0n) is 30.5. The second-order valence-electron chi connectivity index (χ2n) is 14.4. The molecule has 0 radical (unpaired) electrons. The van der Waals surface area contributed by atoms with E-state index in [0.29, 0.717) is 12.4 Å². The summed E-state index contributed by atoms with van der Waals surface area (Å²) in [6.45, 7) is 7.49. The second-order valence-corrected chi connectivity index (χ2v) is 15.2. The molecule has 3 heterocycles. The van der Waals surface area contributed by atoms with Crippen molar-refractivity contribution in [3.05, 3.63) is 107 Å². The van der Waals surface area contributed by atoms with Gasteiger partial charge < -0.3 is 34.1 Å². The number of hydrogen-bond acceptors (Lipinski definition) is 11. The molecule has 0 aliphatic carbocycles. The molecule has 6 rings (SSSR count). The smallest absolute Gasteiger partial charge is 0.422 e. The molecule has 2 saturated heterocycles. The maximum atomic E-state index is 13.3. The molecule has 0 saturated carbocycles. The lowest BCUT2D eigenvalue weighted by atomic mass is 9.93. The highest BCUT2D eigenvalue weighted by Gasteiger charge is 2.44. The summed E-state index contributed by atoms with van der Waals surface area (Å²) in [5.41, 5.74) is 7.37. The van der Waals surface area contributed by atoms with E-state index in [4.69, 9.17) is 28.7 Å². The van der Waals surface area contributed by atoms with E-state index in [1.165, 1.54) is 0 Å². The van der Waals surface area contributed by atoms with Crippen LogP contribution in [-0.2, 0) is 43.9 Å². The van der Waals surface area contributed by atoms with E-state index in [2.05, 4.69) is 36.9 Å². The molecule has 2 amide bonds. The fourth-order valence-corrected chi connectivity index (χ4v) is 7.33. The Balaban J connectivity index is 1.17. The summed E-state index contributed by atoms with van der Waals surface area (Å²) in [5.74, 6) is 0.655. The van der Waals surface area contributed by atoms with Crippen molar-refractivity contribution in [3.8, 4) is 16.3 Å². The van der Waals surface area contributed by atoms with Gasteiger partial charge in [-0.3, -0.25) is 5.43 Å². The number of carbonyl (C=O) groups excluding carboxylic acids is 2. The number of aromatic nitrogens is 1. The molecular weight excluding hydrogens is 697 g/mol. The molecule has 12 nitrogen and oxygen atoms in total. The molecule has 13 heteroatoms. The number of thiazole rings is 1. The van der Waals surface area contributed by atoms with Gasteiger partial charge in [0.05, 0.1) is 44.1 Å². The Morgan fingerprint density at radius 1 is 0.981 bits per heavy atom. The summed E-state index contributed by atoms with van der Waals surface area (Å²) in [6, 6.07) is 23.9. The largest absolute Gasteiger partial charge is 0.497 e. The first-order valence-electron chi connectivity index (χ1n) is 17.8. The minimum absolute atomic E-state index is 0.0326. The summed E-state index contributed by atoms with van der Waals surface area (Å²) in [7, 11) is 1.59. The fraction of sp³-hybridized carbons (Fsp3) is 0.425. The van der Waals surface area contributed by atoms with Crippen molar-refractivity contribution in [1.82, 2.24) is 20.7 Å². The first-order valence-corrected chi connectivity index (χ1v) is 18.7. The second kappa shape index (κ2) is 17.5. The number of nitrogens with zero attached hydrogens (tertiary/aromatic N) is 2. The number of amides is 2. The van der Waals surface area contributed by atoms with E-state index in [9.17, 15) is 14.7 Å². The van der Waals surface area contributed by atoms with Crippen LogP contribution in [0, 0.1) is 5.92 Å². The zero-order valence-corrected chi connectivity index (χ0v) is 31.3. The van der Waals surface area contributed by atoms with Crippen molar-refractivity contribution in [2.45, 2.75) is 76.7 Å². The molecule has 2 aliphatic heterocycles. The normalized spacial score (nSPS) is 19.3. The van der Waals surface area contributed by atoms with Crippen LogP contribution in [0.25, 0.3) is 10.6 Å². The van der Waals surface area contributed by atoms with E-state index in [1.54, 1.807) is 23.5 Å². The number of fused-ring (bicyclic) bond motifs is 1. The number of rotatable bonds is 14. The van der Waals surface area contributed by atoms with Crippen LogP contribution in [0.15, 0.2) is 84.2 Å². The van der Waals surface area contributed by atoms with Crippen LogP contribution in [-0.4, -0.2) is 78.7 Å². The van der Waals surface area contributed by atoms with Gasteiger partial charge in [-0.15, -0.1) is 11.3 Å². The van der Waals surface area contributed by atoms with Crippen molar-refractivity contribution < 1.29 is 38.4 Å². The van der Waals surface area contributed by atoms with Gasteiger partial charge in [-0.25, -0.2) is 19.6 Å². The standard InChI is InChI=1S/C40H48N4O8S/c1-40(2,3)35-25-53-36(42-35)29-14-10-27(11-15-29)21-44(43-39(47)51-23-28-8-6-5-7-9-28)22-33(45)32(20-26-12-16-30(48-4)17-13-26)41-38(46)52-34-24-50-37-31(34)18-19-49-37/h5-17,25,31-34,37,45H,18-24H2,1-4H3,(H,41,46)(H,43,47)/t31-,32-,33-,34-,37+/m0/s1. The van der Waals surface area contributed by atoms with Gasteiger partial charge in [-0.2, -0.15) is 0 Å². The summed E-state index contributed by atoms with van der Waals surface area (Å²) < 4.78 is 27.9. The van der Waals surface area contributed by atoms with Crippen molar-refractivity contribution in [3.63, 3.8) is 0 Å². The summed E-state index contributed by atoms with van der Waals surface area (Å²) in [6.07, 6.45) is -2.29. The zero-order chi connectivity index (χ0) is 37.4. The Morgan fingerprint density at radius 3 is 2.42 bits per heavy atom. The third-order valence-electron chi connectivity index (χ3n) is 9.34. The molecule has 3 N–H and O–H groups in total. The predicted molar refractivity (Wildman–Crippen MR) is 200 cm³/mol. The van der Waals surface area contributed by atoms with Crippen molar-refractivity contribution in [2.75, 3.05) is 26.9 Å². The van der Waals surface area contributed by atoms with Gasteiger partial charge in [-0.1, -0.05) is 87.5 Å². The maximum Gasteiger partial charge on any atom is 0.422 e. The van der Waals surface area contributed by atoms with Gasteiger partial charge in [0.25, 0.3) is 0 Å². The van der Waals surface area contributed by atoms with E-state index in [-0.39, 0.29) is 50.3 Å². The van der Waals surface area contributed by atoms with Gasteiger partial charge in [0.1, 0.15) is 23.5 Å². The van der Waals surface area contributed by atoms with Gasteiger partial charge in [0.2, 0.25) is 0 Å². The highest BCUT2D eigenvalue weighted by molar-refractivity contribution is 7.13. The molecule has 4 aromatic rings. The number of ether oxygens (including phenoxy) is 5. The number of aliphatic hydroxyl groups excluding tert-OH is 1. The number of hydrazine groups is 1. The van der Waals surface area contributed by atoms with Crippen LogP contribution in [0.1, 0.15) is 49.6 Å². The summed E-state index contributed by atoms with van der Waals surface area (Å²) in [5, 5.41) is 19.3. The Bertz CT molecular complexity index is 1780. The monoisotopic (exact) mass is 744 g/mol. The molecule has 53 heavy (non-hydrogen) atoms. The van der Waals surface area contributed by atoms with Crippen LogP contribution in [0.4, 0.5) is 9.59 Å². The molecule has 0 unspecified atom stereocenters. The van der Waals surface area contributed by atoms with Crippen LogP contribution < -0.4 is 15.5 Å². The highest BCUT2D eigenvalue weighted by Crippen LogP contribution is 2.33. The van der Waals surface area contributed by atoms with Gasteiger partial charge in [-0.05, 0) is 41.7 Å². The molecule has 2 fully saturated rings. The molecule has 2 aliphatic rings. The van der Waals surface area contributed by atoms with E-state index < -0.39 is 30.4 Å². The minimum Gasteiger partial charge on any atom is -0.497 e. The van der Waals surface area contributed by atoms with Gasteiger partial charge in [0.15, 0.2) is 6.29 Å². The SMILES string of the molecule is COc1ccc(C[C@H](NC(=O)O[C@H]2CO[C@H]3OCC[C@H]32)[C@@H](O)CN(Cc2ccc(-c3nc(C(C)(C)C)cs3)cc2)NC(=O)OCc2ccccc2)cc1. The molecule has 1 aromatic heterocycles. The van der Waals surface area contributed by atoms with Crippen LogP contribution in [0.5, 0.6) is 5.75 Å². The molecule has 3 aromatic carbocycles. The number of methoxy groups -OCH3 is 1. The maximum absolute atomic E-state index is 13.3. The minimum atomic E-state index is -1.15. The van der Waals surface area contributed by atoms with Gasteiger partial charge in [0, 0.05) is 29.4 Å². The van der Waals surface area contributed by atoms with Gasteiger partial charge >= 0.3 is 12.2 Å². The Kier molecular flexibility index (Phi) is 12.6. The fourth-order valence-electron chi connectivity index (χ4n) is 6.28. The van der Waals surface area contributed by atoms with E-state index in [1.807, 2.05) is 78.9 Å². The quantitative estimate of drug-likeness (QED) is 0.128. The molecule has 282 valence electrons. The van der Waals surface area contributed by atoms with Crippen molar-refractivity contribution in [1.29, 1.82) is 0 Å². The van der Waals surface area contributed by atoms with Crippen molar-refractivity contribution in [2.24, 2.45) is 5.92 Å². The number of nitrogens with one attached hydrogen (secondary N) is 2. The summed E-state index contributed by atoms with van der Waals surface area (Å²) >= 11 is 1.60. The molecular formula is C40H48N4O8S. The Morgan fingerprint density at radius 2 is 1.72 bits per heavy atom. The van der Waals surface area contributed by atoms with Crippen LogP contribution in [0.3, 0.4) is 0 Å². The molecule has 0 bridgehead atoms. The van der Waals surface area contributed by atoms with E-state index in [0.717, 1.165) is 39.4 Å². The van der Waals surface area contributed by atoms with E-state index >= 15 is 0 Å². The predicted octanol–water partition coefficient (Wildman–Crippen LogP) is 6.22. The number of benzene rings is 3. The van der Waals surface area contributed by atoms with Crippen LogP contribution in [0.2, 0.25) is 0 Å². The Hall–Kier alpha value is -4.53. The number of carbonyl (C=O) groups is 2. The average molecular weight is 745 g/mol. The van der Waals surface area contributed by atoms with Crippen molar-refractivity contribution >= 4 is 23.5 Å². The number of aliphatic hydroxyl groups is 1. The third kappa shape index (κ3) is 10.5. The van der Waals surface area contributed by atoms with Crippen LogP contribution >= 0.6 is 11.3 Å². The highest BCUT2D eigenvalue weighted by atomic mass is 32.1. The molecule has 0 spiro atoms. The lowest BCUT2D eigenvalue weighted by Gasteiger charge is -2.30. The summed E-state index contributed by atoms with van der Waals surface area (Å²) in [4.78, 5) is 31.3. The topological polar surface area (TPSA) is 141 Å². The number of alkyl carbamates (subject to hydrolysis) is 1. The third-order valence-corrected chi connectivity index (χ3v) is 10.2. The Labute approximate surface area is 314 Å². The lowest BCUT2D eigenvalue weighted by Crippen LogP contribution is -2.53. The average Bonchev–Trinajstić information content (AvgIpc) is 3.91. The first kappa shape index (κ1) is 38.2.